The maximum atomic E-state index is 13.8. The van der Waals surface area contributed by atoms with E-state index in [1.165, 1.54) is 0 Å². The monoisotopic (exact) mass is 553 g/mol. The first kappa shape index (κ1) is 29.1. The van der Waals surface area contributed by atoms with Gasteiger partial charge >= 0.3 is 12.0 Å². The molecule has 212 valence electrons. The van der Waals surface area contributed by atoms with Crippen molar-refractivity contribution in [3.8, 4) is 5.75 Å². The van der Waals surface area contributed by atoms with Crippen LogP contribution in [0.4, 0.5) is 10.5 Å². The molecule has 0 saturated heterocycles. The van der Waals surface area contributed by atoms with Crippen LogP contribution in [-0.2, 0) is 22.7 Å². The zero-order chi connectivity index (χ0) is 29.2. The average Bonchev–Trinajstić information content (AvgIpc) is 2.97. The first-order valence-corrected chi connectivity index (χ1v) is 13.6. The Balaban J connectivity index is 1.64. The predicted octanol–water partition coefficient (Wildman–Crippen LogP) is 5.91. The molecule has 0 unspecified atom stereocenters. The van der Waals surface area contributed by atoms with E-state index in [0.717, 1.165) is 22.3 Å². The molecule has 4 aromatic rings. The first-order valence-electron chi connectivity index (χ1n) is 13.6. The van der Waals surface area contributed by atoms with E-state index < -0.39 is 23.6 Å². The van der Waals surface area contributed by atoms with E-state index in [1.54, 1.807) is 17.6 Å². The van der Waals surface area contributed by atoms with Crippen LogP contribution in [0.5, 0.6) is 5.75 Å². The fourth-order valence-electron chi connectivity index (χ4n) is 4.41. The Morgan fingerprint density at radius 1 is 0.878 bits per heavy atom. The van der Waals surface area contributed by atoms with Gasteiger partial charge in [0, 0.05) is 11.8 Å². The van der Waals surface area contributed by atoms with Crippen LogP contribution in [0.15, 0.2) is 95.8 Å². The van der Waals surface area contributed by atoms with E-state index in [9.17, 15) is 14.4 Å². The van der Waals surface area contributed by atoms with E-state index in [-0.39, 0.29) is 31.1 Å². The van der Waals surface area contributed by atoms with Crippen LogP contribution in [0.2, 0.25) is 0 Å². The lowest BCUT2D eigenvalue weighted by Gasteiger charge is -2.21. The van der Waals surface area contributed by atoms with Gasteiger partial charge in [0.1, 0.15) is 6.61 Å². The molecule has 0 fully saturated rings. The van der Waals surface area contributed by atoms with Gasteiger partial charge in [-0.3, -0.25) is 9.59 Å². The van der Waals surface area contributed by atoms with Crippen molar-refractivity contribution in [3.63, 3.8) is 0 Å². The Kier molecular flexibility index (Phi) is 9.94. The Bertz CT molecular complexity index is 1520. The molecule has 0 aliphatic heterocycles. The highest BCUT2D eigenvalue weighted by atomic mass is 16.5. The van der Waals surface area contributed by atoms with Crippen LogP contribution < -0.4 is 20.9 Å². The topological polar surface area (TPSA) is 98.7 Å². The third kappa shape index (κ3) is 8.08. The highest BCUT2D eigenvalue weighted by Crippen LogP contribution is 2.25. The fourth-order valence-corrected chi connectivity index (χ4v) is 4.41. The van der Waals surface area contributed by atoms with Gasteiger partial charge in [-0.25, -0.2) is 4.79 Å². The Hall–Kier alpha value is -4.85. The van der Waals surface area contributed by atoms with Crippen molar-refractivity contribution < 1.29 is 19.1 Å². The van der Waals surface area contributed by atoms with Gasteiger partial charge in [0.15, 0.2) is 11.4 Å². The molecule has 0 aliphatic carbocycles. The molecular weight excluding hydrogens is 518 g/mol. The lowest BCUT2D eigenvalue weighted by molar-refractivity contribution is -0.143. The fraction of sp³-hybridized carbons (Fsp3) is 0.242. The summed E-state index contributed by atoms with van der Waals surface area (Å²) in [6.45, 7) is 6.30. The molecule has 2 N–H and O–H groups in total. The number of hydrogen-bond donors (Lipinski definition) is 2. The van der Waals surface area contributed by atoms with Crippen LogP contribution in [-0.4, -0.2) is 23.2 Å². The molecule has 8 nitrogen and oxygen atoms in total. The molecule has 0 bridgehead atoms. The summed E-state index contributed by atoms with van der Waals surface area (Å²) in [5.41, 5.74) is 3.95. The van der Waals surface area contributed by atoms with Crippen molar-refractivity contribution >= 4 is 17.7 Å². The van der Waals surface area contributed by atoms with Crippen molar-refractivity contribution in [2.45, 2.75) is 46.4 Å². The summed E-state index contributed by atoms with van der Waals surface area (Å²) in [4.78, 5) is 39.5. The minimum absolute atomic E-state index is 0.0127. The molecule has 3 aromatic carbocycles. The van der Waals surface area contributed by atoms with Gasteiger partial charge in [0.25, 0.3) is 5.56 Å². The molecule has 0 radical (unpaired) electrons. The molecular formula is C33H35N3O5. The molecule has 1 aromatic heterocycles. The molecule has 1 atom stereocenters. The average molecular weight is 554 g/mol. The summed E-state index contributed by atoms with van der Waals surface area (Å²) in [5.74, 6) is -0.182. The Morgan fingerprint density at radius 3 is 2.15 bits per heavy atom. The van der Waals surface area contributed by atoms with Gasteiger partial charge in [0.05, 0.1) is 25.6 Å². The van der Waals surface area contributed by atoms with Gasteiger partial charge in [-0.15, -0.1) is 0 Å². The number of carbonyl (C=O) groups excluding carboxylic acids is 2. The zero-order valence-corrected chi connectivity index (χ0v) is 23.6. The number of pyridine rings is 1. The van der Waals surface area contributed by atoms with Crippen LogP contribution in [0.3, 0.4) is 0 Å². The Morgan fingerprint density at radius 2 is 1.51 bits per heavy atom. The number of esters is 1. The van der Waals surface area contributed by atoms with Gasteiger partial charge in [0.2, 0.25) is 0 Å². The molecule has 2 amide bonds. The normalized spacial score (nSPS) is 11.4. The second-order valence-electron chi connectivity index (χ2n) is 9.75. The molecule has 0 saturated carbocycles. The van der Waals surface area contributed by atoms with Crippen molar-refractivity contribution in [1.29, 1.82) is 0 Å². The Labute approximate surface area is 239 Å². The maximum absolute atomic E-state index is 13.8. The number of rotatable bonds is 11. The number of ether oxygens (including phenoxy) is 2. The number of nitrogens with one attached hydrogen (secondary N) is 2. The SMILES string of the molecule is CCOC(=O)C[C@H](NC(=O)Nc1c(OCc2ccccc2)cc(C)n(Cc2ccccc2)c1=O)c1ccc(C)cc1. The van der Waals surface area contributed by atoms with Crippen LogP contribution in [0.25, 0.3) is 0 Å². The minimum Gasteiger partial charge on any atom is -0.486 e. The lowest BCUT2D eigenvalue weighted by atomic mass is 10.0. The maximum Gasteiger partial charge on any atom is 0.319 e. The van der Waals surface area contributed by atoms with Crippen LogP contribution in [0, 0.1) is 13.8 Å². The van der Waals surface area contributed by atoms with Gasteiger partial charge in [-0.2, -0.15) is 0 Å². The third-order valence-corrected chi connectivity index (χ3v) is 6.59. The largest absolute Gasteiger partial charge is 0.486 e. The summed E-state index contributed by atoms with van der Waals surface area (Å²) in [6, 6.07) is 27.1. The predicted molar refractivity (Wildman–Crippen MR) is 159 cm³/mol. The smallest absolute Gasteiger partial charge is 0.319 e. The number of nitrogens with zero attached hydrogens (tertiary/aromatic N) is 1. The number of aromatic nitrogens is 1. The zero-order valence-electron chi connectivity index (χ0n) is 23.6. The van der Waals surface area contributed by atoms with Gasteiger partial charge < -0.3 is 24.7 Å². The highest BCUT2D eigenvalue weighted by molar-refractivity contribution is 5.91. The van der Waals surface area contributed by atoms with E-state index in [4.69, 9.17) is 9.47 Å². The number of aryl methyl sites for hydroxylation is 2. The summed E-state index contributed by atoms with van der Waals surface area (Å²) in [5, 5.41) is 5.57. The number of urea groups is 1. The third-order valence-electron chi connectivity index (χ3n) is 6.59. The van der Waals surface area contributed by atoms with Crippen LogP contribution in [0.1, 0.15) is 47.3 Å². The summed E-state index contributed by atoms with van der Waals surface area (Å²) in [6.07, 6.45) is -0.0617. The van der Waals surface area contributed by atoms with E-state index >= 15 is 0 Å². The molecule has 1 heterocycles. The van der Waals surface area contributed by atoms with Crippen molar-refractivity contribution in [1.82, 2.24) is 9.88 Å². The summed E-state index contributed by atoms with van der Waals surface area (Å²) < 4.78 is 12.8. The van der Waals surface area contributed by atoms with Crippen molar-refractivity contribution in [3.05, 3.63) is 129 Å². The number of benzene rings is 3. The number of anilines is 1. The molecule has 4 rings (SSSR count). The summed E-state index contributed by atoms with van der Waals surface area (Å²) in [7, 11) is 0. The number of carbonyl (C=O) groups is 2. The lowest BCUT2D eigenvalue weighted by Crippen LogP contribution is -2.37. The summed E-state index contributed by atoms with van der Waals surface area (Å²) >= 11 is 0. The number of amides is 2. The minimum atomic E-state index is -0.666. The van der Waals surface area contributed by atoms with Gasteiger partial charge in [-0.1, -0.05) is 90.5 Å². The highest BCUT2D eigenvalue weighted by Gasteiger charge is 2.22. The van der Waals surface area contributed by atoms with E-state index in [0.29, 0.717) is 12.2 Å². The molecule has 41 heavy (non-hydrogen) atoms. The standard InChI is InChI=1S/C33H35N3O5/c1-4-40-30(37)20-28(27-17-15-23(2)16-18-27)34-33(39)35-31-29(41-22-26-13-9-6-10-14-26)19-24(3)36(32(31)38)21-25-11-7-5-8-12-25/h5-19,28H,4,20-22H2,1-3H3,(H2,34,35,39)/t28-/m0/s1. The first-order chi connectivity index (χ1) is 19.8. The van der Waals surface area contributed by atoms with Gasteiger partial charge in [-0.05, 0) is 37.5 Å². The van der Waals surface area contributed by atoms with E-state index in [2.05, 4.69) is 10.6 Å². The van der Waals surface area contributed by atoms with Crippen molar-refractivity contribution in [2.24, 2.45) is 0 Å². The molecule has 0 spiro atoms. The molecule has 8 heteroatoms. The second-order valence-corrected chi connectivity index (χ2v) is 9.75. The number of hydrogen-bond acceptors (Lipinski definition) is 5. The van der Waals surface area contributed by atoms with Crippen LogP contribution >= 0.6 is 0 Å². The van der Waals surface area contributed by atoms with Crippen molar-refractivity contribution in [2.75, 3.05) is 11.9 Å². The van der Waals surface area contributed by atoms with E-state index in [1.807, 2.05) is 98.8 Å². The second kappa shape index (κ2) is 14.0. The molecule has 0 aliphatic rings. The quantitative estimate of drug-likeness (QED) is 0.225.